The molecule has 0 aliphatic carbocycles. The van der Waals surface area contributed by atoms with E-state index in [0.717, 1.165) is 12.8 Å². The second-order valence-electron chi connectivity index (χ2n) is 6.11. The summed E-state index contributed by atoms with van der Waals surface area (Å²) in [6.45, 7) is 6.51. The van der Waals surface area contributed by atoms with Crippen molar-refractivity contribution in [2.75, 3.05) is 6.61 Å². The molecule has 0 radical (unpaired) electrons. The van der Waals surface area contributed by atoms with E-state index in [1.807, 2.05) is 13.8 Å². The second kappa shape index (κ2) is 4.34. The molecule has 0 bridgehead atoms. The van der Waals surface area contributed by atoms with Gasteiger partial charge in [0.2, 0.25) is 5.56 Å². The predicted molar refractivity (Wildman–Crippen MR) is 76.2 cm³/mol. The largest absolute Gasteiger partial charge is 0.375 e. The molecule has 3 heterocycles. The van der Waals surface area contributed by atoms with E-state index in [2.05, 4.69) is 10.1 Å². The van der Waals surface area contributed by atoms with E-state index in [-0.39, 0.29) is 22.8 Å². The zero-order chi connectivity index (χ0) is 14.5. The fourth-order valence-corrected chi connectivity index (χ4v) is 3.05. The lowest BCUT2D eigenvalue weighted by atomic mass is 9.94. The van der Waals surface area contributed by atoms with E-state index in [4.69, 9.17) is 4.74 Å². The third kappa shape index (κ3) is 2.10. The monoisotopic (exact) mass is 277 g/mol. The Morgan fingerprint density at radius 1 is 1.40 bits per heavy atom. The summed E-state index contributed by atoms with van der Waals surface area (Å²) in [5, 5.41) is 3.43. The maximum atomic E-state index is 12.1. The van der Waals surface area contributed by atoms with Crippen molar-refractivity contribution >= 4 is 11.0 Å². The van der Waals surface area contributed by atoms with E-state index >= 15 is 0 Å². The summed E-state index contributed by atoms with van der Waals surface area (Å²) in [5.74, 6) is 0. The molecule has 6 heteroatoms. The van der Waals surface area contributed by atoms with Crippen LogP contribution in [0.5, 0.6) is 0 Å². The van der Waals surface area contributed by atoms with Gasteiger partial charge in [-0.3, -0.25) is 19.4 Å². The fraction of sp³-hybridized carbons (Fsp3) is 0.571. The SMILES string of the molecule is Cc1cc(=O)[nH]c2c1c(=O)[nH]n2[C@@H]1CCOC(C)(C)C1. The van der Waals surface area contributed by atoms with Crippen LogP contribution in [0, 0.1) is 6.92 Å². The van der Waals surface area contributed by atoms with Crippen LogP contribution in [0.25, 0.3) is 11.0 Å². The number of hydrogen-bond acceptors (Lipinski definition) is 3. The van der Waals surface area contributed by atoms with Gasteiger partial charge in [0, 0.05) is 12.7 Å². The van der Waals surface area contributed by atoms with Gasteiger partial charge in [0.25, 0.3) is 5.56 Å². The lowest BCUT2D eigenvalue weighted by Gasteiger charge is -2.35. The number of H-pyrrole nitrogens is 2. The van der Waals surface area contributed by atoms with E-state index < -0.39 is 0 Å². The van der Waals surface area contributed by atoms with Gasteiger partial charge in [-0.15, -0.1) is 0 Å². The minimum absolute atomic E-state index is 0.126. The molecule has 0 saturated carbocycles. The van der Waals surface area contributed by atoms with Gasteiger partial charge in [-0.05, 0) is 39.2 Å². The van der Waals surface area contributed by atoms with Gasteiger partial charge >= 0.3 is 0 Å². The van der Waals surface area contributed by atoms with Gasteiger partial charge in [-0.2, -0.15) is 0 Å². The molecular formula is C14H19N3O3. The Hall–Kier alpha value is -1.82. The van der Waals surface area contributed by atoms with Crippen LogP contribution in [0.15, 0.2) is 15.7 Å². The molecular weight excluding hydrogens is 258 g/mol. The van der Waals surface area contributed by atoms with Crippen LogP contribution in [0.2, 0.25) is 0 Å². The molecule has 108 valence electrons. The predicted octanol–water partition coefficient (Wildman–Crippen LogP) is 1.46. The number of aromatic nitrogens is 3. The van der Waals surface area contributed by atoms with E-state index in [1.165, 1.54) is 6.07 Å². The van der Waals surface area contributed by atoms with Crippen LogP contribution < -0.4 is 11.1 Å². The number of rotatable bonds is 1. The number of nitrogens with zero attached hydrogens (tertiary/aromatic N) is 1. The van der Waals surface area contributed by atoms with Crippen LogP contribution in [0.1, 0.15) is 38.3 Å². The van der Waals surface area contributed by atoms with E-state index in [9.17, 15) is 9.59 Å². The molecule has 2 aromatic heterocycles. The maximum absolute atomic E-state index is 12.1. The maximum Gasteiger partial charge on any atom is 0.273 e. The molecule has 6 nitrogen and oxygen atoms in total. The quantitative estimate of drug-likeness (QED) is 0.828. The van der Waals surface area contributed by atoms with Gasteiger partial charge in [0.05, 0.1) is 17.0 Å². The van der Waals surface area contributed by atoms with Crippen molar-refractivity contribution in [3.8, 4) is 0 Å². The highest BCUT2D eigenvalue weighted by Crippen LogP contribution is 2.32. The molecule has 1 atom stereocenters. The van der Waals surface area contributed by atoms with Crippen LogP contribution in [-0.4, -0.2) is 27.0 Å². The molecule has 0 spiro atoms. The number of ether oxygens (including phenoxy) is 1. The molecule has 1 aliphatic heterocycles. The Labute approximate surface area is 115 Å². The Morgan fingerprint density at radius 2 is 2.15 bits per heavy atom. The number of fused-ring (bicyclic) bond motifs is 1. The molecule has 1 fully saturated rings. The fourth-order valence-electron chi connectivity index (χ4n) is 3.05. The van der Waals surface area contributed by atoms with Crippen molar-refractivity contribution < 1.29 is 4.74 Å². The highest BCUT2D eigenvalue weighted by atomic mass is 16.5. The second-order valence-corrected chi connectivity index (χ2v) is 6.11. The first-order valence-electron chi connectivity index (χ1n) is 6.85. The van der Waals surface area contributed by atoms with Crippen LogP contribution >= 0.6 is 0 Å². The van der Waals surface area contributed by atoms with Crippen molar-refractivity contribution in [3.05, 3.63) is 32.3 Å². The molecule has 1 saturated heterocycles. The molecule has 0 unspecified atom stereocenters. The molecule has 2 N–H and O–H groups in total. The van der Waals surface area contributed by atoms with Gasteiger partial charge < -0.3 is 9.72 Å². The van der Waals surface area contributed by atoms with E-state index in [0.29, 0.717) is 23.2 Å². The van der Waals surface area contributed by atoms with Gasteiger partial charge in [-0.25, -0.2) is 0 Å². The molecule has 0 amide bonds. The first kappa shape index (κ1) is 13.2. The lowest BCUT2D eigenvalue weighted by Crippen LogP contribution is -2.35. The molecule has 20 heavy (non-hydrogen) atoms. The average molecular weight is 277 g/mol. The highest BCUT2D eigenvalue weighted by molar-refractivity contribution is 5.78. The normalized spacial score (nSPS) is 22.2. The topological polar surface area (TPSA) is 79.9 Å². The van der Waals surface area contributed by atoms with Crippen molar-refractivity contribution in [3.63, 3.8) is 0 Å². The standard InChI is InChI=1S/C14H19N3O3/c1-8-6-10(18)15-12-11(8)13(19)16-17(12)9-4-5-20-14(2,3)7-9/h6,9H,4-5,7H2,1-3H3,(H,15,18)(H,16,19)/t9-/m1/s1. The zero-order valence-electron chi connectivity index (χ0n) is 11.9. The summed E-state index contributed by atoms with van der Waals surface area (Å²) in [5.41, 5.74) is 0.727. The summed E-state index contributed by atoms with van der Waals surface area (Å²) in [6, 6.07) is 1.58. The van der Waals surface area contributed by atoms with Gasteiger partial charge in [0.1, 0.15) is 5.65 Å². The first-order chi connectivity index (χ1) is 9.37. The summed E-state index contributed by atoms with van der Waals surface area (Å²) in [6.07, 6.45) is 1.61. The van der Waals surface area contributed by atoms with Crippen molar-refractivity contribution in [2.45, 2.75) is 45.3 Å². The number of aryl methyl sites for hydroxylation is 1. The Bertz CT molecular complexity index is 766. The Balaban J connectivity index is 2.17. The number of pyridine rings is 1. The summed E-state index contributed by atoms with van der Waals surface area (Å²) < 4.78 is 7.51. The van der Waals surface area contributed by atoms with Crippen molar-refractivity contribution in [1.29, 1.82) is 0 Å². The summed E-state index contributed by atoms with van der Waals surface area (Å²) >= 11 is 0. The van der Waals surface area contributed by atoms with Crippen molar-refractivity contribution in [1.82, 2.24) is 14.8 Å². The smallest absolute Gasteiger partial charge is 0.273 e. The van der Waals surface area contributed by atoms with Gasteiger partial charge in [0.15, 0.2) is 0 Å². The molecule has 0 aromatic carbocycles. The number of hydrogen-bond donors (Lipinski definition) is 2. The third-order valence-electron chi connectivity index (χ3n) is 3.95. The van der Waals surface area contributed by atoms with E-state index in [1.54, 1.807) is 11.6 Å². The minimum atomic E-state index is -0.222. The molecule has 1 aliphatic rings. The zero-order valence-corrected chi connectivity index (χ0v) is 11.9. The average Bonchev–Trinajstić information content (AvgIpc) is 2.65. The van der Waals surface area contributed by atoms with Crippen LogP contribution in [-0.2, 0) is 4.74 Å². The third-order valence-corrected chi connectivity index (χ3v) is 3.95. The number of nitrogens with one attached hydrogen (secondary N) is 2. The highest BCUT2D eigenvalue weighted by Gasteiger charge is 2.31. The molecule has 2 aromatic rings. The van der Waals surface area contributed by atoms with Gasteiger partial charge in [-0.1, -0.05) is 0 Å². The van der Waals surface area contributed by atoms with Crippen molar-refractivity contribution in [2.24, 2.45) is 0 Å². The minimum Gasteiger partial charge on any atom is -0.375 e. The summed E-state index contributed by atoms with van der Waals surface area (Å²) in [7, 11) is 0. The van der Waals surface area contributed by atoms with Crippen LogP contribution in [0.4, 0.5) is 0 Å². The molecule has 3 rings (SSSR count). The lowest BCUT2D eigenvalue weighted by molar-refractivity contribution is -0.0702. The van der Waals surface area contributed by atoms with Crippen LogP contribution in [0.3, 0.4) is 0 Å². The Morgan fingerprint density at radius 3 is 2.85 bits per heavy atom. The number of aromatic amines is 2. The first-order valence-corrected chi connectivity index (χ1v) is 6.85. The summed E-state index contributed by atoms with van der Waals surface area (Å²) in [4.78, 5) is 26.6. The Kier molecular flexibility index (Phi) is 2.86.